The molecule has 4 aromatic rings. The van der Waals surface area contributed by atoms with Crippen LogP contribution < -0.4 is 16.0 Å². The number of hydrogen-bond acceptors (Lipinski definition) is 9. The van der Waals surface area contributed by atoms with E-state index < -0.39 is 28.0 Å². The first-order valence-electron chi connectivity index (χ1n) is 15.6. The molecule has 0 saturated heterocycles. The van der Waals surface area contributed by atoms with Crippen LogP contribution >= 0.6 is 23.1 Å². The van der Waals surface area contributed by atoms with Crippen molar-refractivity contribution in [2.24, 2.45) is 0 Å². The fourth-order valence-corrected chi connectivity index (χ4v) is 7.55. The van der Waals surface area contributed by atoms with Gasteiger partial charge in [-0.2, -0.15) is 0 Å². The van der Waals surface area contributed by atoms with E-state index >= 15 is 0 Å². The first-order valence-corrected chi connectivity index (χ1v) is 17.3. The molecule has 5 rings (SSSR count). The summed E-state index contributed by atoms with van der Waals surface area (Å²) >= 11 is 2.69. The number of thioether (sulfide) groups is 1. The standard InChI is InChI=1S/C36H34N4O7S2/c1-22(32(41)39-35-31(36(44)47-2)27-17-7-4-8-19-30(27)49-35)48-26-16-11-15-25(21-26)37-34(43)28(38-33(42)23-12-5-3-6-13-23)20-24-14-9-10-18-29(24)40(45)46/h3,5-6,9-16,18,20-22H,4,7-8,17,19H2,1-2H3,(H,37,43)(H,38,42)(H,39,41)/b28-20+. The minimum absolute atomic E-state index is 0.132. The number of rotatable bonds is 11. The maximum Gasteiger partial charge on any atom is 0.341 e. The Kier molecular flexibility index (Phi) is 11.6. The Balaban J connectivity index is 1.32. The van der Waals surface area contributed by atoms with Crippen LogP contribution in [0.4, 0.5) is 16.4 Å². The highest BCUT2D eigenvalue weighted by Gasteiger charge is 2.27. The largest absolute Gasteiger partial charge is 0.465 e. The summed E-state index contributed by atoms with van der Waals surface area (Å²) in [5.41, 5.74) is 1.76. The van der Waals surface area contributed by atoms with Crippen LogP contribution in [0, 0.1) is 10.1 Å². The molecule has 1 aromatic heterocycles. The SMILES string of the molecule is COC(=O)c1c(NC(=O)C(C)Sc2cccc(NC(=O)/C(=C\c3ccccc3[N+](=O)[O-])NC(=O)c3ccccc3)c2)sc2c1CCCCC2. The first-order chi connectivity index (χ1) is 23.6. The Morgan fingerprint density at radius 1 is 0.939 bits per heavy atom. The molecular formula is C36H34N4O7S2. The lowest BCUT2D eigenvalue weighted by Gasteiger charge is -2.14. The fraction of sp³-hybridized carbons (Fsp3) is 0.222. The van der Waals surface area contributed by atoms with Crippen LogP contribution in [0.2, 0.25) is 0 Å². The summed E-state index contributed by atoms with van der Waals surface area (Å²) in [5, 5.41) is 19.8. The molecule has 0 spiro atoms. The van der Waals surface area contributed by atoms with Gasteiger partial charge in [-0.3, -0.25) is 24.5 Å². The van der Waals surface area contributed by atoms with Crippen molar-refractivity contribution in [3.05, 3.63) is 122 Å². The molecule has 0 fully saturated rings. The van der Waals surface area contributed by atoms with Crippen molar-refractivity contribution in [3.63, 3.8) is 0 Å². The molecule has 0 radical (unpaired) electrons. The van der Waals surface area contributed by atoms with E-state index in [9.17, 15) is 29.3 Å². The number of fused-ring (bicyclic) bond motifs is 1. The van der Waals surface area contributed by atoms with Gasteiger partial charge in [-0.25, -0.2) is 4.79 Å². The number of hydrogen-bond donors (Lipinski definition) is 3. The van der Waals surface area contributed by atoms with Crippen LogP contribution in [0.3, 0.4) is 0 Å². The van der Waals surface area contributed by atoms with Crippen LogP contribution in [0.1, 0.15) is 62.9 Å². The average Bonchev–Trinajstić information content (AvgIpc) is 3.27. The van der Waals surface area contributed by atoms with E-state index in [1.165, 1.54) is 54.5 Å². The molecule has 0 saturated carbocycles. The van der Waals surface area contributed by atoms with E-state index in [1.54, 1.807) is 67.6 Å². The lowest BCUT2D eigenvalue weighted by molar-refractivity contribution is -0.385. The van der Waals surface area contributed by atoms with Gasteiger partial charge in [0.15, 0.2) is 0 Å². The van der Waals surface area contributed by atoms with Crippen molar-refractivity contribution < 1.29 is 28.8 Å². The molecule has 252 valence electrons. The number of thiophene rings is 1. The number of amides is 3. The van der Waals surface area contributed by atoms with Gasteiger partial charge in [-0.1, -0.05) is 42.8 Å². The summed E-state index contributed by atoms with van der Waals surface area (Å²) in [6.45, 7) is 1.74. The van der Waals surface area contributed by atoms with E-state index in [4.69, 9.17) is 4.74 Å². The topological polar surface area (TPSA) is 157 Å². The average molecular weight is 699 g/mol. The number of para-hydroxylation sites is 1. The third-order valence-corrected chi connectivity index (χ3v) is 10.1. The summed E-state index contributed by atoms with van der Waals surface area (Å²) < 4.78 is 5.05. The molecule has 13 heteroatoms. The summed E-state index contributed by atoms with van der Waals surface area (Å²) in [6, 6.07) is 21.0. The van der Waals surface area contributed by atoms with Crippen LogP contribution in [0.15, 0.2) is 89.5 Å². The molecule has 11 nitrogen and oxygen atoms in total. The molecule has 0 bridgehead atoms. The van der Waals surface area contributed by atoms with E-state index in [0.29, 0.717) is 26.7 Å². The molecule has 49 heavy (non-hydrogen) atoms. The number of ether oxygens (including phenoxy) is 1. The lowest BCUT2D eigenvalue weighted by Crippen LogP contribution is -2.30. The zero-order chi connectivity index (χ0) is 34.9. The highest BCUT2D eigenvalue weighted by molar-refractivity contribution is 8.00. The second-order valence-electron chi connectivity index (χ2n) is 11.2. The maximum absolute atomic E-state index is 13.6. The molecule has 3 amide bonds. The minimum atomic E-state index is -0.705. The number of nitrogens with zero attached hydrogens (tertiary/aromatic N) is 1. The highest BCUT2D eigenvalue weighted by Crippen LogP contribution is 2.38. The van der Waals surface area contributed by atoms with Gasteiger partial charge in [-0.15, -0.1) is 23.1 Å². The number of aryl methyl sites for hydroxylation is 1. The summed E-state index contributed by atoms with van der Waals surface area (Å²) in [5.74, 6) is -2.03. The number of anilines is 2. The minimum Gasteiger partial charge on any atom is -0.465 e. The van der Waals surface area contributed by atoms with Gasteiger partial charge in [0.2, 0.25) is 5.91 Å². The number of carbonyl (C=O) groups is 4. The zero-order valence-corrected chi connectivity index (χ0v) is 28.5. The number of nitrogens with one attached hydrogen (secondary N) is 3. The van der Waals surface area contributed by atoms with Crippen molar-refractivity contribution in [1.29, 1.82) is 0 Å². The molecule has 1 heterocycles. The smallest absolute Gasteiger partial charge is 0.341 e. The van der Waals surface area contributed by atoms with Crippen molar-refractivity contribution in [2.45, 2.75) is 49.2 Å². The highest BCUT2D eigenvalue weighted by atomic mass is 32.2. The van der Waals surface area contributed by atoms with Gasteiger partial charge in [-0.05, 0) is 80.6 Å². The van der Waals surface area contributed by atoms with Gasteiger partial charge >= 0.3 is 5.97 Å². The number of nitro groups is 1. The number of methoxy groups -OCH3 is 1. The Bertz CT molecular complexity index is 1920. The van der Waals surface area contributed by atoms with Gasteiger partial charge in [0, 0.05) is 27.1 Å². The maximum atomic E-state index is 13.6. The number of nitro benzene ring substituents is 1. The van der Waals surface area contributed by atoms with Crippen LogP contribution in [0.25, 0.3) is 6.08 Å². The number of benzene rings is 3. The van der Waals surface area contributed by atoms with Gasteiger partial charge in [0.05, 0.1) is 28.4 Å². The van der Waals surface area contributed by atoms with E-state index in [0.717, 1.165) is 42.5 Å². The summed E-state index contributed by atoms with van der Waals surface area (Å²) in [6.07, 6.45) is 5.98. The third-order valence-electron chi connectivity index (χ3n) is 7.78. The Hall–Kier alpha value is -5.27. The molecule has 1 aliphatic rings. The Morgan fingerprint density at radius 2 is 1.67 bits per heavy atom. The van der Waals surface area contributed by atoms with Crippen molar-refractivity contribution in [2.75, 3.05) is 17.7 Å². The van der Waals surface area contributed by atoms with Gasteiger partial charge in [0.25, 0.3) is 17.5 Å². The Morgan fingerprint density at radius 3 is 2.43 bits per heavy atom. The molecule has 3 N–H and O–H groups in total. The molecule has 3 aromatic carbocycles. The Labute approximate surface area is 291 Å². The van der Waals surface area contributed by atoms with Crippen molar-refractivity contribution >= 4 is 69.2 Å². The normalized spacial score (nSPS) is 13.3. The van der Waals surface area contributed by atoms with Crippen LogP contribution in [0.5, 0.6) is 0 Å². The fourth-order valence-electron chi connectivity index (χ4n) is 5.34. The predicted octanol–water partition coefficient (Wildman–Crippen LogP) is 7.24. The van der Waals surface area contributed by atoms with Crippen LogP contribution in [-0.2, 0) is 27.2 Å². The molecule has 1 aliphatic carbocycles. The third kappa shape index (κ3) is 8.80. The number of esters is 1. The predicted molar refractivity (Wildman–Crippen MR) is 191 cm³/mol. The van der Waals surface area contributed by atoms with Crippen LogP contribution in [-0.4, -0.2) is 41.0 Å². The molecule has 1 atom stereocenters. The molecule has 1 unspecified atom stereocenters. The molecular weight excluding hydrogens is 665 g/mol. The molecule has 0 aliphatic heterocycles. The lowest BCUT2D eigenvalue weighted by atomic mass is 10.1. The monoisotopic (exact) mass is 698 g/mol. The van der Waals surface area contributed by atoms with E-state index in [-0.39, 0.29) is 22.9 Å². The number of carbonyl (C=O) groups excluding carboxylic acids is 4. The van der Waals surface area contributed by atoms with Gasteiger partial charge < -0.3 is 20.7 Å². The summed E-state index contributed by atoms with van der Waals surface area (Å²) in [7, 11) is 1.33. The first kappa shape index (κ1) is 35.0. The van der Waals surface area contributed by atoms with Crippen molar-refractivity contribution in [1.82, 2.24) is 5.32 Å². The van der Waals surface area contributed by atoms with Gasteiger partial charge in [0.1, 0.15) is 10.7 Å². The van der Waals surface area contributed by atoms with Crippen molar-refractivity contribution in [3.8, 4) is 0 Å². The second kappa shape index (κ2) is 16.2. The van der Waals surface area contributed by atoms with E-state index in [2.05, 4.69) is 16.0 Å². The quantitative estimate of drug-likeness (QED) is 0.0370. The summed E-state index contributed by atoms with van der Waals surface area (Å²) in [4.78, 5) is 65.5. The van der Waals surface area contributed by atoms with E-state index in [1.807, 2.05) is 0 Å². The zero-order valence-electron chi connectivity index (χ0n) is 26.8. The second-order valence-corrected chi connectivity index (χ2v) is 13.7.